The van der Waals surface area contributed by atoms with Crippen LogP contribution in [0.2, 0.25) is 0 Å². The van der Waals surface area contributed by atoms with Crippen LogP contribution in [0.15, 0.2) is 41.4 Å². The van der Waals surface area contributed by atoms with Crippen molar-refractivity contribution in [3.8, 4) is 0 Å². The second-order valence-electron chi connectivity index (χ2n) is 8.00. The standard InChI is InChI=1S/C22H26N4O3S3/c1-4-8-25-21(17-7-10-32(28,29)14-17)23-24-22(25)31-13-20(27)19-11-15(2)26(16(19)3)12-18-6-5-9-30-18/h4-6,9,11,17H,1,7-8,10,12-14H2,2-3H3/t17-/m1/s1. The number of nitrogens with zero attached hydrogens (tertiary/aromatic N) is 4. The van der Waals surface area contributed by atoms with Gasteiger partial charge in [-0.3, -0.25) is 4.79 Å². The predicted molar refractivity (Wildman–Crippen MR) is 129 cm³/mol. The summed E-state index contributed by atoms with van der Waals surface area (Å²) in [5.41, 5.74) is 2.75. The van der Waals surface area contributed by atoms with E-state index in [1.165, 1.54) is 16.6 Å². The minimum absolute atomic E-state index is 0.0404. The van der Waals surface area contributed by atoms with Crippen LogP contribution in [0.4, 0.5) is 0 Å². The number of thioether (sulfide) groups is 1. The molecule has 3 aromatic heterocycles. The fourth-order valence-electron chi connectivity index (χ4n) is 4.10. The largest absolute Gasteiger partial charge is 0.343 e. The van der Waals surface area contributed by atoms with Crippen molar-refractivity contribution < 1.29 is 13.2 Å². The van der Waals surface area contributed by atoms with Crippen molar-refractivity contribution in [2.45, 2.75) is 44.4 Å². The molecule has 170 valence electrons. The second kappa shape index (κ2) is 9.36. The summed E-state index contributed by atoms with van der Waals surface area (Å²) in [6.07, 6.45) is 2.29. The van der Waals surface area contributed by atoms with E-state index in [0.29, 0.717) is 23.9 Å². The van der Waals surface area contributed by atoms with Crippen LogP contribution in [0.5, 0.6) is 0 Å². The average molecular weight is 491 g/mol. The second-order valence-corrected chi connectivity index (χ2v) is 12.2. The van der Waals surface area contributed by atoms with E-state index in [9.17, 15) is 13.2 Å². The molecule has 0 radical (unpaired) electrons. The van der Waals surface area contributed by atoms with Gasteiger partial charge in [0.25, 0.3) is 0 Å². The molecule has 1 fully saturated rings. The van der Waals surface area contributed by atoms with Crippen molar-refractivity contribution in [1.29, 1.82) is 0 Å². The zero-order valence-corrected chi connectivity index (χ0v) is 20.6. The number of carbonyl (C=O) groups excluding carboxylic acids is 1. The highest BCUT2D eigenvalue weighted by atomic mass is 32.2. The molecule has 0 spiro atoms. The van der Waals surface area contributed by atoms with Gasteiger partial charge in [0, 0.05) is 34.3 Å². The fourth-order valence-corrected chi connectivity index (χ4v) is 7.37. The van der Waals surface area contributed by atoms with Gasteiger partial charge in [0.05, 0.1) is 23.8 Å². The van der Waals surface area contributed by atoms with E-state index in [4.69, 9.17) is 0 Å². The number of ketones is 1. The minimum Gasteiger partial charge on any atom is -0.343 e. The van der Waals surface area contributed by atoms with Gasteiger partial charge >= 0.3 is 0 Å². The van der Waals surface area contributed by atoms with Gasteiger partial charge in [0.1, 0.15) is 5.82 Å². The third kappa shape index (κ3) is 4.77. The first-order valence-electron chi connectivity index (χ1n) is 10.4. The highest BCUT2D eigenvalue weighted by molar-refractivity contribution is 7.99. The molecular formula is C22H26N4O3S3. The van der Waals surface area contributed by atoms with Crippen molar-refractivity contribution >= 4 is 38.7 Å². The highest BCUT2D eigenvalue weighted by Crippen LogP contribution is 2.30. The number of hydrogen-bond donors (Lipinski definition) is 0. The van der Waals surface area contributed by atoms with E-state index in [2.05, 4.69) is 32.8 Å². The number of thiophene rings is 1. The van der Waals surface area contributed by atoms with Crippen molar-refractivity contribution in [3.63, 3.8) is 0 Å². The third-order valence-corrected chi connectivity index (χ3v) is 9.35. The Morgan fingerprint density at radius 2 is 2.16 bits per heavy atom. The number of aromatic nitrogens is 4. The Labute approximate surface area is 196 Å². The number of carbonyl (C=O) groups is 1. The summed E-state index contributed by atoms with van der Waals surface area (Å²) in [5, 5.41) is 11.2. The van der Waals surface area contributed by atoms with Crippen molar-refractivity contribution in [2.75, 3.05) is 17.3 Å². The molecule has 7 nitrogen and oxygen atoms in total. The Kier molecular flexibility index (Phi) is 6.73. The normalized spacial score (nSPS) is 17.6. The molecule has 0 unspecified atom stereocenters. The minimum atomic E-state index is -3.02. The maximum Gasteiger partial charge on any atom is 0.191 e. The van der Waals surface area contributed by atoms with E-state index in [-0.39, 0.29) is 29.0 Å². The van der Waals surface area contributed by atoms with E-state index in [1.807, 2.05) is 30.5 Å². The smallest absolute Gasteiger partial charge is 0.191 e. The van der Waals surface area contributed by atoms with Crippen LogP contribution in [0.1, 0.15) is 44.8 Å². The molecule has 0 saturated carbocycles. The van der Waals surface area contributed by atoms with E-state index in [1.54, 1.807) is 17.4 Å². The number of allylic oxidation sites excluding steroid dienone is 1. The predicted octanol–water partition coefficient (Wildman–Crippen LogP) is 3.87. The summed E-state index contributed by atoms with van der Waals surface area (Å²) in [5.74, 6) is 1.06. The molecule has 4 heterocycles. The molecule has 1 aliphatic heterocycles. The molecule has 1 saturated heterocycles. The van der Waals surface area contributed by atoms with Crippen LogP contribution in [-0.4, -0.2) is 50.8 Å². The third-order valence-electron chi connectivity index (χ3n) is 5.76. The van der Waals surface area contributed by atoms with Gasteiger partial charge in [-0.15, -0.1) is 28.1 Å². The summed E-state index contributed by atoms with van der Waals surface area (Å²) < 4.78 is 27.8. The molecule has 4 rings (SSSR count). The van der Waals surface area contributed by atoms with Gasteiger partial charge in [-0.2, -0.15) is 0 Å². The quantitative estimate of drug-likeness (QED) is 0.257. The van der Waals surface area contributed by atoms with Gasteiger partial charge in [-0.1, -0.05) is 23.9 Å². The Hall–Kier alpha value is -2.17. The van der Waals surface area contributed by atoms with Gasteiger partial charge in [0.2, 0.25) is 0 Å². The van der Waals surface area contributed by atoms with Crippen molar-refractivity contribution in [2.24, 2.45) is 0 Å². The number of aryl methyl sites for hydroxylation is 1. The molecule has 0 bridgehead atoms. The van der Waals surface area contributed by atoms with Gasteiger partial charge in [-0.05, 0) is 37.8 Å². The van der Waals surface area contributed by atoms with Crippen LogP contribution in [-0.2, 0) is 22.9 Å². The Bertz CT molecular complexity index is 1240. The zero-order chi connectivity index (χ0) is 22.9. The molecule has 0 aliphatic carbocycles. The Morgan fingerprint density at radius 3 is 2.81 bits per heavy atom. The van der Waals surface area contributed by atoms with E-state index >= 15 is 0 Å². The zero-order valence-electron chi connectivity index (χ0n) is 18.2. The van der Waals surface area contributed by atoms with Gasteiger partial charge in [0.15, 0.2) is 20.8 Å². The van der Waals surface area contributed by atoms with Crippen LogP contribution in [0.25, 0.3) is 0 Å². The summed E-state index contributed by atoms with van der Waals surface area (Å²) >= 11 is 3.04. The lowest BCUT2D eigenvalue weighted by Crippen LogP contribution is -2.12. The van der Waals surface area contributed by atoms with Gasteiger partial charge in [-0.25, -0.2) is 8.42 Å². The topological polar surface area (TPSA) is 86.8 Å². The molecule has 0 amide bonds. The first-order chi connectivity index (χ1) is 15.3. The summed E-state index contributed by atoms with van der Waals surface area (Å²) in [4.78, 5) is 14.3. The van der Waals surface area contributed by atoms with Crippen molar-refractivity contribution in [1.82, 2.24) is 19.3 Å². The number of Topliss-reactive ketones (excluding diaryl/α,β-unsaturated/α-hetero) is 1. The van der Waals surface area contributed by atoms with Gasteiger partial charge < -0.3 is 9.13 Å². The molecule has 0 aromatic carbocycles. The van der Waals surface area contributed by atoms with Crippen LogP contribution in [0.3, 0.4) is 0 Å². The number of rotatable bonds is 9. The molecule has 3 aromatic rings. The fraction of sp³-hybridized carbons (Fsp3) is 0.409. The van der Waals surface area contributed by atoms with Crippen LogP contribution < -0.4 is 0 Å². The molecule has 1 aliphatic rings. The monoisotopic (exact) mass is 490 g/mol. The van der Waals surface area contributed by atoms with Crippen LogP contribution >= 0.6 is 23.1 Å². The number of sulfone groups is 1. The number of hydrogen-bond acceptors (Lipinski definition) is 7. The maximum absolute atomic E-state index is 13.0. The Balaban J connectivity index is 1.49. The lowest BCUT2D eigenvalue weighted by molar-refractivity contribution is 0.102. The molecule has 10 heteroatoms. The molecule has 32 heavy (non-hydrogen) atoms. The summed E-state index contributed by atoms with van der Waals surface area (Å²) in [6, 6.07) is 6.08. The van der Waals surface area contributed by atoms with E-state index in [0.717, 1.165) is 23.5 Å². The first-order valence-corrected chi connectivity index (χ1v) is 14.1. The lowest BCUT2D eigenvalue weighted by Gasteiger charge is -2.11. The SMILES string of the molecule is C=CCn1c(SCC(=O)c2cc(C)n(Cc3cccs3)c2C)nnc1[C@@H]1CCS(=O)(=O)C1. The first kappa shape index (κ1) is 23.0. The highest BCUT2D eigenvalue weighted by Gasteiger charge is 2.33. The van der Waals surface area contributed by atoms with E-state index < -0.39 is 9.84 Å². The molecule has 1 atom stereocenters. The average Bonchev–Trinajstić information content (AvgIpc) is 3.52. The Morgan fingerprint density at radius 1 is 1.34 bits per heavy atom. The van der Waals surface area contributed by atoms with Crippen molar-refractivity contribution in [3.05, 3.63) is 63.9 Å². The molecular weight excluding hydrogens is 464 g/mol. The lowest BCUT2D eigenvalue weighted by atomic mass is 10.1. The summed E-state index contributed by atoms with van der Waals surface area (Å²) in [6.45, 7) is 9.04. The maximum atomic E-state index is 13.0. The summed E-state index contributed by atoms with van der Waals surface area (Å²) in [7, 11) is -3.02. The molecule has 0 N–H and O–H groups in total. The van der Waals surface area contributed by atoms with Crippen LogP contribution in [0, 0.1) is 13.8 Å².